The number of rotatable bonds is 23. The predicted octanol–water partition coefficient (Wildman–Crippen LogP) is 4.77. The van der Waals surface area contributed by atoms with Gasteiger partial charge in [0.25, 0.3) is 5.09 Å². The molecule has 1 unspecified atom stereocenters. The van der Waals surface area contributed by atoms with Crippen molar-refractivity contribution in [3.8, 4) is 17.2 Å². The smallest absolute Gasteiger partial charge is 0.333 e. The molecule has 0 heterocycles. The molecule has 2 aromatic rings. The Kier molecular flexibility index (Phi) is 19.2. The van der Waals surface area contributed by atoms with Crippen LogP contribution in [0.5, 0.6) is 17.2 Å². The van der Waals surface area contributed by atoms with E-state index in [1.165, 1.54) is 20.1 Å². The molecule has 1 fully saturated rings. The van der Waals surface area contributed by atoms with Gasteiger partial charge in [0.2, 0.25) is 5.91 Å². The third kappa shape index (κ3) is 16.5. The molecule has 3 rings (SSSR count). The fourth-order valence-corrected chi connectivity index (χ4v) is 5.88. The van der Waals surface area contributed by atoms with Gasteiger partial charge in [0.15, 0.2) is 11.5 Å². The average molecular weight is 789 g/mol. The first-order valence-corrected chi connectivity index (χ1v) is 18.3. The zero-order valence-electron chi connectivity index (χ0n) is 30.8. The minimum absolute atomic E-state index is 0.00416. The number of aliphatic hydroxyl groups is 3. The number of ether oxygens (including phenoxy) is 4. The van der Waals surface area contributed by atoms with Crippen LogP contribution < -0.4 is 19.5 Å². The van der Waals surface area contributed by atoms with Gasteiger partial charge in [-0.3, -0.25) is 9.59 Å². The van der Waals surface area contributed by atoms with Crippen LogP contribution in [-0.4, -0.2) is 89.5 Å². The van der Waals surface area contributed by atoms with Crippen molar-refractivity contribution in [2.24, 2.45) is 11.8 Å². The topological polar surface area (TPSA) is 213 Å². The molecule has 0 aromatic heterocycles. The van der Waals surface area contributed by atoms with E-state index in [4.69, 9.17) is 30.5 Å². The van der Waals surface area contributed by atoms with Gasteiger partial charge in [-0.05, 0) is 80.5 Å². The normalized spacial score (nSPS) is 19.3. The quantitative estimate of drug-likeness (QED) is 0.0299. The number of aliphatic hydroxyl groups excluding tert-OH is 3. The molecule has 0 radical (unpaired) electrons. The van der Waals surface area contributed by atoms with Crippen LogP contribution in [0, 0.1) is 22.0 Å². The standard InChI is InChI=1S/C39H49ClN2O13/c1-26(39(48)55-35-19-16-27(22-36(35)51-2)10-8-20-52-38(47)15-9-21-54-42(49)50)41-37(46)14-6-4-3-5-13-31-32(34(45)24-33(31)44)18-17-29(43)25-53-30-12-7-11-28(40)23-30/h3,5,7-8,10-12,16-19,22-23,26,29,31-34,43-45H,4,6,9,13-15,20-21,24-25H2,1-2H3,(H,41,46)/b5-3-,10-8+,18-17+/t26?,29-,31-,32-,33+,34-/m1/s1. The zero-order valence-corrected chi connectivity index (χ0v) is 31.5. The summed E-state index contributed by atoms with van der Waals surface area (Å²) in [4.78, 5) is 51.2. The Morgan fingerprint density at radius 2 is 1.85 bits per heavy atom. The van der Waals surface area contributed by atoms with Gasteiger partial charge in [-0.25, -0.2) is 4.79 Å². The van der Waals surface area contributed by atoms with Crippen molar-refractivity contribution in [3.05, 3.63) is 93.5 Å². The van der Waals surface area contributed by atoms with E-state index < -0.39 is 41.4 Å². The Morgan fingerprint density at radius 3 is 2.60 bits per heavy atom. The first-order valence-electron chi connectivity index (χ1n) is 17.9. The number of esters is 2. The number of halogens is 1. The van der Waals surface area contributed by atoms with Crippen LogP contribution in [-0.2, 0) is 24.0 Å². The van der Waals surface area contributed by atoms with Gasteiger partial charge in [-0.15, -0.1) is 10.1 Å². The van der Waals surface area contributed by atoms with Crippen LogP contribution in [0.2, 0.25) is 5.02 Å². The SMILES string of the molecule is COc1cc(/C=C/COC(=O)CCCO[N+](=O)[O-])ccc1OC(=O)C(C)NC(=O)CCC/C=C\C[C@@H]1[C@@H](/C=C/[C@@H](O)COc2cccc(Cl)c2)[C@H](O)C[C@@H]1O. The molecule has 1 saturated carbocycles. The monoisotopic (exact) mass is 788 g/mol. The summed E-state index contributed by atoms with van der Waals surface area (Å²) >= 11 is 5.96. The van der Waals surface area contributed by atoms with Crippen LogP contribution in [0.15, 0.2) is 72.8 Å². The molecule has 1 aliphatic rings. The van der Waals surface area contributed by atoms with Gasteiger partial charge in [-0.2, -0.15) is 0 Å². The number of carbonyl (C=O) groups excluding carboxylic acids is 3. The number of nitrogens with one attached hydrogen (secondary N) is 1. The number of carbonyl (C=O) groups is 3. The summed E-state index contributed by atoms with van der Waals surface area (Å²) in [5.74, 6) is -1.19. The molecule has 0 bridgehead atoms. The van der Waals surface area contributed by atoms with Crippen LogP contribution in [0.1, 0.15) is 57.4 Å². The largest absolute Gasteiger partial charge is 0.493 e. The average Bonchev–Trinajstić information content (AvgIpc) is 3.42. The first kappa shape index (κ1) is 44.4. The molecule has 1 aliphatic carbocycles. The van der Waals surface area contributed by atoms with E-state index in [1.54, 1.807) is 60.7 Å². The Labute approximate surface area is 324 Å². The molecule has 0 saturated heterocycles. The second kappa shape index (κ2) is 23.7. The van der Waals surface area contributed by atoms with Crippen molar-refractivity contribution in [1.82, 2.24) is 5.32 Å². The first-order chi connectivity index (χ1) is 26.4. The lowest BCUT2D eigenvalue weighted by atomic mass is 9.89. The molecule has 15 nitrogen and oxygen atoms in total. The Morgan fingerprint density at radius 1 is 1.05 bits per heavy atom. The lowest BCUT2D eigenvalue weighted by Crippen LogP contribution is -2.40. The van der Waals surface area contributed by atoms with Crippen molar-refractivity contribution >= 4 is 35.5 Å². The zero-order chi connectivity index (χ0) is 40.2. The van der Waals surface area contributed by atoms with Crippen LogP contribution in [0.4, 0.5) is 0 Å². The lowest BCUT2D eigenvalue weighted by Gasteiger charge is -2.19. The van der Waals surface area contributed by atoms with E-state index in [9.17, 15) is 39.8 Å². The fourth-order valence-electron chi connectivity index (χ4n) is 5.70. The molecular weight excluding hydrogens is 740 g/mol. The fraction of sp³-hybridized carbons (Fsp3) is 0.462. The van der Waals surface area contributed by atoms with Crippen molar-refractivity contribution in [2.75, 3.05) is 26.9 Å². The number of amides is 1. The maximum absolute atomic E-state index is 12.7. The Bertz CT molecular complexity index is 1650. The molecule has 0 aliphatic heterocycles. The highest BCUT2D eigenvalue weighted by atomic mass is 35.5. The second-order valence-corrected chi connectivity index (χ2v) is 13.2. The number of benzene rings is 2. The van der Waals surface area contributed by atoms with Crippen LogP contribution >= 0.6 is 11.6 Å². The van der Waals surface area contributed by atoms with E-state index in [0.29, 0.717) is 35.6 Å². The Hall–Kier alpha value is -4.96. The van der Waals surface area contributed by atoms with Crippen molar-refractivity contribution in [1.29, 1.82) is 0 Å². The molecule has 300 valence electrons. The van der Waals surface area contributed by atoms with Crippen molar-refractivity contribution in [3.63, 3.8) is 0 Å². The van der Waals surface area contributed by atoms with Gasteiger partial charge < -0.3 is 44.4 Å². The number of allylic oxidation sites excluding steroid dienone is 2. The van der Waals surface area contributed by atoms with Crippen molar-refractivity contribution < 1.29 is 58.6 Å². The summed E-state index contributed by atoms with van der Waals surface area (Å²) in [6.07, 6.45) is 10.1. The molecule has 2 aromatic carbocycles. The number of hydrogen-bond donors (Lipinski definition) is 4. The lowest BCUT2D eigenvalue weighted by molar-refractivity contribution is -0.757. The van der Waals surface area contributed by atoms with Gasteiger partial charge >= 0.3 is 11.9 Å². The van der Waals surface area contributed by atoms with Gasteiger partial charge in [0, 0.05) is 30.2 Å². The highest BCUT2D eigenvalue weighted by molar-refractivity contribution is 6.30. The molecular formula is C39H49ClN2O13. The maximum Gasteiger partial charge on any atom is 0.333 e. The van der Waals surface area contributed by atoms with E-state index in [0.717, 1.165) is 0 Å². The number of unbranched alkanes of at least 4 members (excludes halogenated alkanes) is 1. The number of hydrogen-bond acceptors (Lipinski definition) is 13. The van der Waals surface area contributed by atoms with E-state index in [2.05, 4.69) is 10.2 Å². The third-order valence-corrected chi connectivity index (χ3v) is 8.77. The van der Waals surface area contributed by atoms with E-state index >= 15 is 0 Å². The summed E-state index contributed by atoms with van der Waals surface area (Å²) in [6, 6.07) is 10.7. The molecule has 0 spiro atoms. The predicted molar refractivity (Wildman–Crippen MR) is 202 cm³/mol. The highest BCUT2D eigenvalue weighted by Crippen LogP contribution is 2.36. The molecule has 4 N–H and O–H groups in total. The summed E-state index contributed by atoms with van der Waals surface area (Å²) in [5.41, 5.74) is 0.670. The maximum atomic E-state index is 12.7. The van der Waals surface area contributed by atoms with Gasteiger partial charge in [0.05, 0.1) is 25.9 Å². The number of nitrogens with zero attached hydrogens (tertiary/aromatic N) is 1. The van der Waals surface area contributed by atoms with Crippen molar-refractivity contribution in [2.45, 2.75) is 76.2 Å². The second-order valence-electron chi connectivity index (χ2n) is 12.8. The van der Waals surface area contributed by atoms with Gasteiger partial charge in [-0.1, -0.05) is 54.1 Å². The summed E-state index contributed by atoms with van der Waals surface area (Å²) < 4.78 is 21.4. The van der Waals surface area contributed by atoms with Crippen LogP contribution in [0.25, 0.3) is 6.08 Å². The Balaban J connectivity index is 1.36. The van der Waals surface area contributed by atoms with Crippen LogP contribution in [0.3, 0.4) is 0 Å². The minimum atomic E-state index is -0.935. The molecule has 55 heavy (non-hydrogen) atoms. The third-order valence-electron chi connectivity index (χ3n) is 8.54. The summed E-state index contributed by atoms with van der Waals surface area (Å²) in [6.45, 7) is 1.30. The molecule has 6 atom stereocenters. The number of methoxy groups -OCH3 is 1. The summed E-state index contributed by atoms with van der Waals surface area (Å²) in [5, 5.41) is 43.8. The minimum Gasteiger partial charge on any atom is -0.493 e. The highest BCUT2D eigenvalue weighted by Gasteiger charge is 2.39. The molecule has 1 amide bonds. The molecule has 16 heteroatoms. The van der Waals surface area contributed by atoms with Gasteiger partial charge in [0.1, 0.15) is 31.1 Å². The van der Waals surface area contributed by atoms with E-state index in [-0.39, 0.29) is 74.7 Å². The van der Waals surface area contributed by atoms with E-state index in [1.807, 2.05) is 12.2 Å². The summed E-state index contributed by atoms with van der Waals surface area (Å²) in [7, 11) is 1.41.